The third kappa shape index (κ3) is 4.14. The van der Waals surface area contributed by atoms with Gasteiger partial charge in [0.1, 0.15) is 6.10 Å². The van der Waals surface area contributed by atoms with E-state index in [0.29, 0.717) is 28.6 Å². The zero-order valence-electron chi connectivity index (χ0n) is 21.8. The van der Waals surface area contributed by atoms with Crippen LogP contribution in [0.15, 0.2) is 23.8 Å². The number of hydrogen-bond acceptors (Lipinski definition) is 2. The van der Waals surface area contributed by atoms with Crippen molar-refractivity contribution < 1.29 is 9.53 Å². The highest BCUT2D eigenvalue weighted by atomic mass is 16.5. The molecule has 2 nitrogen and oxygen atoms in total. The first-order chi connectivity index (χ1) is 15.1. The molecule has 0 aromatic rings. The highest BCUT2D eigenvalue weighted by Crippen LogP contribution is 2.66. The molecule has 4 rings (SSSR count). The lowest BCUT2D eigenvalue weighted by Crippen LogP contribution is -2.50. The first-order valence-corrected chi connectivity index (χ1v) is 13.6. The van der Waals surface area contributed by atoms with Crippen molar-refractivity contribution in [2.24, 2.45) is 52.3 Å². The number of esters is 1. The lowest BCUT2D eigenvalue weighted by atomic mass is 9.47. The van der Waals surface area contributed by atoms with Crippen LogP contribution in [0.25, 0.3) is 0 Å². The Labute approximate surface area is 197 Å². The molecule has 0 aromatic carbocycles. The molecule has 2 heteroatoms. The Hall–Kier alpha value is -1.05. The van der Waals surface area contributed by atoms with Crippen LogP contribution in [0.2, 0.25) is 0 Å². The van der Waals surface area contributed by atoms with E-state index in [1.54, 1.807) is 6.92 Å². The summed E-state index contributed by atoms with van der Waals surface area (Å²) in [5, 5.41) is 0. The molecule has 180 valence electrons. The van der Waals surface area contributed by atoms with Crippen LogP contribution >= 0.6 is 0 Å². The Morgan fingerprint density at radius 3 is 2.38 bits per heavy atom. The van der Waals surface area contributed by atoms with E-state index in [0.717, 1.165) is 36.5 Å². The molecule has 9 atom stereocenters. The number of allylic oxidation sites excluding steroid dienone is 4. The third-order valence-electron chi connectivity index (χ3n) is 10.8. The Balaban J connectivity index is 1.51. The summed E-state index contributed by atoms with van der Waals surface area (Å²) in [6.07, 6.45) is 17.9. The second-order valence-electron chi connectivity index (χ2n) is 12.8. The second-order valence-corrected chi connectivity index (χ2v) is 12.8. The van der Waals surface area contributed by atoms with Crippen molar-refractivity contribution in [1.29, 1.82) is 0 Å². The molecule has 4 aliphatic carbocycles. The van der Waals surface area contributed by atoms with E-state index in [-0.39, 0.29) is 12.1 Å². The molecule has 3 saturated carbocycles. The smallest absolute Gasteiger partial charge is 0.302 e. The van der Waals surface area contributed by atoms with Crippen molar-refractivity contribution in [3.05, 3.63) is 23.8 Å². The fourth-order valence-electron chi connectivity index (χ4n) is 8.43. The van der Waals surface area contributed by atoms with E-state index in [1.807, 2.05) is 5.57 Å². The molecule has 3 fully saturated rings. The van der Waals surface area contributed by atoms with Crippen LogP contribution in [0.5, 0.6) is 0 Å². The van der Waals surface area contributed by atoms with E-state index < -0.39 is 0 Å². The van der Waals surface area contributed by atoms with Gasteiger partial charge in [0.15, 0.2) is 0 Å². The molecule has 0 spiro atoms. The maximum Gasteiger partial charge on any atom is 0.302 e. The summed E-state index contributed by atoms with van der Waals surface area (Å²) in [4.78, 5) is 11.5. The summed E-state index contributed by atoms with van der Waals surface area (Å²) >= 11 is 0. The first kappa shape index (κ1) is 24.1. The van der Waals surface area contributed by atoms with Crippen LogP contribution in [-0.4, -0.2) is 12.1 Å². The van der Waals surface area contributed by atoms with Gasteiger partial charge in [-0.25, -0.2) is 0 Å². The minimum Gasteiger partial charge on any atom is -0.463 e. The molecule has 0 radical (unpaired) electrons. The predicted molar refractivity (Wildman–Crippen MR) is 133 cm³/mol. The number of hydrogen-bond donors (Lipinski definition) is 0. The standard InChI is InChI=1S/C30H48O2/c1-19(2)20(3)8-9-21(4)26-12-13-27-25-11-10-23-18-24(32-22(5)31)14-16-29(23,6)28(25)15-17-30(26,27)7/h8-9,11,19-21,23-24,26-28H,10,12-18H2,1-7H3/b9-8+/t20-,21+,23?,24?,26?,27?,28?,29+,30?/m0/s1. The minimum atomic E-state index is -0.109. The van der Waals surface area contributed by atoms with Gasteiger partial charge in [0.2, 0.25) is 0 Å². The van der Waals surface area contributed by atoms with Gasteiger partial charge in [-0.2, -0.15) is 0 Å². The molecular weight excluding hydrogens is 392 g/mol. The van der Waals surface area contributed by atoms with Crippen molar-refractivity contribution >= 4 is 5.97 Å². The van der Waals surface area contributed by atoms with Gasteiger partial charge in [0, 0.05) is 6.92 Å². The zero-order chi connectivity index (χ0) is 23.3. The molecule has 0 heterocycles. The van der Waals surface area contributed by atoms with Gasteiger partial charge in [-0.1, -0.05) is 65.3 Å². The SMILES string of the molecule is CC(=O)OC1CC[C@]2(C)C(CC=C3C4CCC([C@H](C)/C=C/[C@H](C)C(C)C)C4(C)CCC32)C1. The zero-order valence-corrected chi connectivity index (χ0v) is 21.8. The van der Waals surface area contributed by atoms with E-state index in [4.69, 9.17) is 4.74 Å². The number of rotatable bonds is 5. The first-order valence-electron chi connectivity index (χ1n) is 13.6. The number of ether oxygens (including phenoxy) is 1. The predicted octanol–water partition coefficient (Wildman–Crippen LogP) is 7.98. The van der Waals surface area contributed by atoms with Crippen LogP contribution in [0, 0.1) is 52.3 Å². The van der Waals surface area contributed by atoms with Crippen molar-refractivity contribution in [1.82, 2.24) is 0 Å². The molecule has 0 aromatic heterocycles. The van der Waals surface area contributed by atoms with E-state index in [1.165, 1.54) is 38.5 Å². The average molecular weight is 441 g/mol. The Kier molecular flexibility index (Phi) is 6.74. The van der Waals surface area contributed by atoms with Crippen LogP contribution < -0.4 is 0 Å². The van der Waals surface area contributed by atoms with Crippen LogP contribution in [0.4, 0.5) is 0 Å². The lowest BCUT2D eigenvalue weighted by molar-refractivity contribution is -0.152. The summed E-state index contributed by atoms with van der Waals surface area (Å²) in [5.41, 5.74) is 2.70. The van der Waals surface area contributed by atoms with Crippen molar-refractivity contribution in [2.75, 3.05) is 0 Å². The average Bonchev–Trinajstić information content (AvgIpc) is 3.08. The minimum absolute atomic E-state index is 0.109. The summed E-state index contributed by atoms with van der Waals surface area (Å²) in [7, 11) is 0. The summed E-state index contributed by atoms with van der Waals surface area (Å²) in [6, 6.07) is 0. The molecular formula is C30H48O2. The quantitative estimate of drug-likeness (QED) is 0.320. The largest absolute Gasteiger partial charge is 0.463 e. The highest BCUT2D eigenvalue weighted by Gasteiger charge is 2.58. The molecule has 6 unspecified atom stereocenters. The number of carbonyl (C=O) groups excluding carboxylic acids is 1. The maximum atomic E-state index is 11.5. The van der Waals surface area contributed by atoms with Gasteiger partial charge in [0.05, 0.1) is 0 Å². The molecule has 0 N–H and O–H groups in total. The maximum absolute atomic E-state index is 11.5. The summed E-state index contributed by atoms with van der Waals surface area (Å²) in [5.74, 6) is 4.98. The summed E-state index contributed by atoms with van der Waals surface area (Å²) < 4.78 is 5.64. The molecule has 0 bridgehead atoms. The Morgan fingerprint density at radius 2 is 1.69 bits per heavy atom. The third-order valence-corrected chi connectivity index (χ3v) is 10.8. The highest BCUT2D eigenvalue weighted by molar-refractivity contribution is 5.66. The van der Waals surface area contributed by atoms with Gasteiger partial charge in [-0.15, -0.1) is 0 Å². The topological polar surface area (TPSA) is 26.3 Å². The molecule has 32 heavy (non-hydrogen) atoms. The van der Waals surface area contributed by atoms with Crippen LogP contribution in [-0.2, 0) is 9.53 Å². The van der Waals surface area contributed by atoms with E-state index >= 15 is 0 Å². The van der Waals surface area contributed by atoms with Crippen molar-refractivity contribution in [3.63, 3.8) is 0 Å². The lowest BCUT2D eigenvalue weighted by Gasteiger charge is -2.58. The molecule has 0 amide bonds. The Bertz CT molecular complexity index is 763. The fraction of sp³-hybridized carbons (Fsp3) is 0.833. The van der Waals surface area contributed by atoms with Crippen molar-refractivity contribution in [3.8, 4) is 0 Å². The summed E-state index contributed by atoms with van der Waals surface area (Å²) in [6.45, 7) is 16.3. The van der Waals surface area contributed by atoms with Crippen LogP contribution in [0.3, 0.4) is 0 Å². The van der Waals surface area contributed by atoms with E-state index in [2.05, 4.69) is 59.8 Å². The Morgan fingerprint density at radius 1 is 1.00 bits per heavy atom. The molecule has 0 aliphatic heterocycles. The molecule has 0 saturated heterocycles. The van der Waals surface area contributed by atoms with Crippen molar-refractivity contribution in [2.45, 2.75) is 106 Å². The second kappa shape index (κ2) is 8.95. The number of fused-ring (bicyclic) bond motifs is 5. The molecule has 4 aliphatic rings. The van der Waals surface area contributed by atoms with Gasteiger partial charge in [-0.3, -0.25) is 4.79 Å². The van der Waals surface area contributed by atoms with Gasteiger partial charge in [0.25, 0.3) is 0 Å². The number of carbonyl (C=O) groups is 1. The van der Waals surface area contributed by atoms with Gasteiger partial charge < -0.3 is 4.74 Å². The van der Waals surface area contributed by atoms with E-state index in [9.17, 15) is 4.79 Å². The normalized spacial score (nSPS) is 43.2. The van der Waals surface area contributed by atoms with Crippen LogP contribution in [0.1, 0.15) is 99.8 Å². The fourth-order valence-corrected chi connectivity index (χ4v) is 8.43. The van der Waals surface area contributed by atoms with Gasteiger partial charge >= 0.3 is 5.97 Å². The monoisotopic (exact) mass is 440 g/mol. The van der Waals surface area contributed by atoms with Gasteiger partial charge in [-0.05, 0) is 104 Å².